The summed E-state index contributed by atoms with van der Waals surface area (Å²) < 4.78 is 1.20. The van der Waals surface area contributed by atoms with Gasteiger partial charge in [0.2, 0.25) is 0 Å². The van der Waals surface area contributed by atoms with E-state index in [-0.39, 0.29) is 37.1 Å². The lowest BCUT2D eigenvalue weighted by Crippen LogP contribution is -2.43. The molecule has 9 heteroatoms. The van der Waals surface area contributed by atoms with Crippen LogP contribution in [0.1, 0.15) is 5.56 Å². The normalized spacial score (nSPS) is 14.2. The highest BCUT2D eigenvalue weighted by Gasteiger charge is 2.35. The van der Waals surface area contributed by atoms with Crippen molar-refractivity contribution in [3.05, 3.63) is 94.8 Å². The molecule has 0 atom stereocenters. The number of hydrogen-bond donors (Lipinski definition) is 2. The van der Waals surface area contributed by atoms with Crippen molar-refractivity contribution in [3.63, 3.8) is 0 Å². The fourth-order valence-corrected chi connectivity index (χ4v) is 4.33. The van der Waals surface area contributed by atoms with E-state index < -0.39 is 0 Å². The lowest BCUT2D eigenvalue weighted by Gasteiger charge is -2.26. The molecular formula is C27H25N5O4. The summed E-state index contributed by atoms with van der Waals surface area (Å²) in [6.07, 6.45) is 0. The summed E-state index contributed by atoms with van der Waals surface area (Å²) in [6, 6.07) is 23.5. The zero-order valence-electron chi connectivity index (χ0n) is 19.5. The van der Waals surface area contributed by atoms with Gasteiger partial charge in [-0.15, -0.1) is 0 Å². The van der Waals surface area contributed by atoms with Crippen molar-refractivity contribution in [3.8, 4) is 11.4 Å². The third kappa shape index (κ3) is 4.31. The Morgan fingerprint density at radius 3 is 2.25 bits per heavy atom. The monoisotopic (exact) mass is 483 g/mol. The summed E-state index contributed by atoms with van der Waals surface area (Å²) in [4.78, 5) is 35.3. The number of aromatic nitrogens is 2. The summed E-state index contributed by atoms with van der Waals surface area (Å²) in [5.41, 5.74) is 2.21. The number of hydrogen-bond acceptors (Lipinski definition) is 7. The highest BCUT2D eigenvalue weighted by molar-refractivity contribution is 6.54. The summed E-state index contributed by atoms with van der Waals surface area (Å²) in [5, 5.41) is 23.8. The first kappa shape index (κ1) is 23.6. The molecule has 1 aliphatic heterocycles. The molecule has 0 radical (unpaired) electrons. The van der Waals surface area contributed by atoms with Gasteiger partial charge in [0.25, 0.3) is 11.5 Å². The van der Waals surface area contributed by atoms with Crippen LogP contribution >= 0.6 is 0 Å². The number of nitrogens with zero attached hydrogens (tertiary/aromatic N) is 5. The Morgan fingerprint density at radius 1 is 0.833 bits per heavy atom. The van der Waals surface area contributed by atoms with Crippen molar-refractivity contribution >= 4 is 28.2 Å². The largest absolute Gasteiger partial charge is 0.395 e. The predicted molar refractivity (Wildman–Crippen MR) is 138 cm³/mol. The van der Waals surface area contributed by atoms with Gasteiger partial charge in [0.1, 0.15) is 0 Å². The molecule has 2 heterocycles. The number of amides is 1. The van der Waals surface area contributed by atoms with Gasteiger partial charge in [-0.3, -0.25) is 19.4 Å². The molecule has 0 saturated carbocycles. The van der Waals surface area contributed by atoms with E-state index in [9.17, 15) is 19.8 Å². The fourth-order valence-electron chi connectivity index (χ4n) is 4.33. The van der Waals surface area contributed by atoms with E-state index in [1.807, 2.05) is 54.6 Å². The maximum absolute atomic E-state index is 13.6. The first-order valence-electron chi connectivity index (χ1n) is 11.6. The molecule has 1 amide bonds. The topological polar surface area (TPSA) is 111 Å². The zero-order chi connectivity index (χ0) is 25.1. The van der Waals surface area contributed by atoms with E-state index in [1.54, 1.807) is 34.1 Å². The van der Waals surface area contributed by atoms with E-state index in [4.69, 9.17) is 4.98 Å². The van der Waals surface area contributed by atoms with Crippen LogP contribution in [0, 0.1) is 0 Å². The fraction of sp³-hybridized carbons (Fsp3) is 0.185. The average Bonchev–Trinajstić information content (AvgIpc) is 3.17. The van der Waals surface area contributed by atoms with E-state index in [0.29, 0.717) is 46.6 Å². The minimum absolute atomic E-state index is 0.108. The zero-order valence-corrected chi connectivity index (χ0v) is 19.5. The van der Waals surface area contributed by atoms with Gasteiger partial charge >= 0.3 is 0 Å². The Bertz CT molecular complexity index is 1490. The van der Waals surface area contributed by atoms with Crippen molar-refractivity contribution in [2.75, 3.05) is 37.9 Å². The third-order valence-corrected chi connectivity index (χ3v) is 6.06. The van der Waals surface area contributed by atoms with Crippen molar-refractivity contribution in [2.24, 2.45) is 5.10 Å². The molecule has 9 nitrogen and oxygen atoms in total. The van der Waals surface area contributed by atoms with Crippen LogP contribution < -0.4 is 10.5 Å². The van der Waals surface area contributed by atoms with Gasteiger partial charge in [0.05, 0.1) is 36.5 Å². The highest BCUT2D eigenvalue weighted by Crippen LogP contribution is 2.30. The number of carbonyl (C=O) groups excluding carboxylic acids is 1. The minimum atomic E-state index is -0.379. The lowest BCUT2D eigenvalue weighted by atomic mass is 10.1. The predicted octanol–water partition coefficient (Wildman–Crippen LogP) is 1.91. The summed E-state index contributed by atoms with van der Waals surface area (Å²) in [5.74, 6) is -0.0473. The van der Waals surface area contributed by atoms with E-state index in [0.717, 1.165) is 0 Å². The Labute approximate surface area is 207 Å². The average molecular weight is 484 g/mol. The van der Waals surface area contributed by atoms with Crippen LogP contribution in [0.4, 0.5) is 5.69 Å². The Morgan fingerprint density at radius 2 is 1.50 bits per heavy atom. The van der Waals surface area contributed by atoms with Gasteiger partial charge in [-0.05, 0) is 18.2 Å². The standard InChI is InChI=1S/C27H25N5O4/c33-16-14-30(15-17-34)18-31-23-13-7-5-11-21(23)24(27(31)36)29-32-25(19-8-2-1-3-9-19)28-22-12-6-4-10-20(22)26(32)35/h1-13,33-34H,14-18H2/b29-24+. The molecule has 3 aromatic carbocycles. The van der Waals surface area contributed by atoms with Crippen LogP contribution in [0.5, 0.6) is 0 Å². The number of carbonyl (C=O) groups is 1. The van der Waals surface area contributed by atoms with E-state index in [2.05, 4.69) is 5.10 Å². The number of rotatable bonds is 8. The maximum Gasteiger partial charge on any atom is 0.282 e. The van der Waals surface area contributed by atoms with Gasteiger partial charge in [0.15, 0.2) is 11.5 Å². The number of fused-ring (bicyclic) bond motifs is 2. The first-order valence-corrected chi connectivity index (χ1v) is 11.6. The molecule has 0 unspecified atom stereocenters. The van der Waals surface area contributed by atoms with Crippen molar-refractivity contribution in [2.45, 2.75) is 0 Å². The summed E-state index contributed by atoms with van der Waals surface area (Å²) in [7, 11) is 0. The van der Waals surface area contributed by atoms with Crippen LogP contribution in [0.3, 0.4) is 0 Å². The second-order valence-corrected chi connectivity index (χ2v) is 8.34. The van der Waals surface area contributed by atoms with Crippen LogP contribution in [0.15, 0.2) is 88.8 Å². The second kappa shape index (κ2) is 10.2. The van der Waals surface area contributed by atoms with Crippen LogP contribution in [0.25, 0.3) is 22.3 Å². The smallest absolute Gasteiger partial charge is 0.282 e. The molecule has 1 aliphatic rings. The molecule has 0 spiro atoms. The highest BCUT2D eigenvalue weighted by atomic mass is 16.3. The van der Waals surface area contributed by atoms with Gasteiger partial charge in [0, 0.05) is 24.2 Å². The number of aliphatic hydroxyl groups excluding tert-OH is 2. The Hall–Kier alpha value is -4.18. The quantitative estimate of drug-likeness (QED) is 0.396. The van der Waals surface area contributed by atoms with Gasteiger partial charge in [-0.1, -0.05) is 60.7 Å². The van der Waals surface area contributed by atoms with E-state index in [1.165, 1.54) is 4.68 Å². The second-order valence-electron chi connectivity index (χ2n) is 8.34. The van der Waals surface area contributed by atoms with Crippen LogP contribution in [-0.2, 0) is 4.79 Å². The van der Waals surface area contributed by atoms with Crippen LogP contribution in [0.2, 0.25) is 0 Å². The third-order valence-electron chi connectivity index (χ3n) is 6.06. The number of para-hydroxylation sites is 2. The molecule has 0 bridgehead atoms. The van der Waals surface area contributed by atoms with Crippen molar-refractivity contribution < 1.29 is 15.0 Å². The van der Waals surface area contributed by atoms with Crippen molar-refractivity contribution in [1.29, 1.82) is 0 Å². The lowest BCUT2D eigenvalue weighted by molar-refractivity contribution is -0.112. The summed E-state index contributed by atoms with van der Waals surface area (Å²) >= 11 is 0. The molecular weight excluding hydrogens is 458 g/mol. The van der Waals surface area contributed by atoms with Crippen molar-refractivity contribution in [1.82, 2.24) is 14.6 Å². The molecule has 182 valence electrons. The van der Waals surface area contributed by atoms with Gasteiger partial charge in [-0.25, -0.2) is 4.98 Å². The molecule has 4 aromatic rings. The Balaban J connectivity index is 1.67. The van der Waals surface area contributed by atoms with Crippen LogP contribution in [-0.4, -0.2) is 69.4 Å². The van der Waals surface area contributed by atoms with Gasteiger partial charge in [-0.2, -0.15) is 9.78 Å². The van der Waals surface area contributed by atoms with Gasteiger partial charge < -0.3 is 10.2 Å². The minimum Gasteiger partial charge on any atom is -0.395 e. The summed E-state index contributed by atoms with van der Waals surface area (Å²) in [6.45, 7) is 0.537. The molecule has 5 rings (SSSR count). The Kier molecular flexibility index (Phi) is 6.68. The molecule has 0 fully saturated rings. The molecule has 0 aliphatic carbocycles. The SMILES string of the molecule is O=C1/C(=N/n2c(-c3ccccc3)nc3ccccc3c2=O)c2ccccc2N1CN(CCO)CCO. The molecule has 1 aromatic heterocycles. The number of benzene rings is 3. The molecule has 0 saturated heterocycles. The number of anilines is 1. The first-order chi connectivity index (χ1) is 17.6. The molecule has 36 heavy (non-hydrogen) atoms. The molecule has 2 N–H and O–H groups in total. The maximum atomic E-state index is 13.6. The van der Waals surface area contributed by atoms with E-state index >= 15 is 0 Å². The number of aliphatic hydroxyl groups is 2.